The lowest BCUT2D eigenvalue weighted by atomic mass is 10.2. The molecule has 20 heavy (non-hydrogen) atoms. The van der Waals surface area contributed by atoms with Crippen molar-refractivity contribution in [3.8, 4) is 0 Å². The molecule has 2 nitrogen and oxygen atoms in total. The van der Waals surface area contributed by atoms with Crippen LogP contribution in [0.5, 0.6) is 0 Å². The van der Waals surface area contributed by atoms with Crippen LogP contribution in [0, 0.1) is 6.92 Å². The van der Waals surface area contributed by atoms with E-state index in [-0.39, 0.29) is 5.52 Å². The molecule has 2 aromatic carbocycles. The fourth-order valence-corrected chi connectivity index (χ4v) is 3.55. The molecule has 102 valence electrons. The maximum Gasteiger partial charge on any atom is 0.419 e. The molecule has 1 atom stereocenters. The molecule has 0 spiro atoms. The molecule has 0 saturated heterocycles. The van der Waals surface area contributed by atoms with E-state index in [4.69, 9.17) is 0 Å². The normalized spacial score (nSPS) is 13.1. The molecular formula is C14H10F3NOP+. The lowest BCUT2D eigenvalue weighted by Gasteiger charge is -2.06. The van der Waals surface area contributed by atoms with E-state index in [1.165, 1.54) is 6.07 Å². The average Bonchev–Trinajstić information content (AvgIpc) is 2.37. The van der Waals surface area contributed by atoms with Crippen molar-refractivity contribution in [3.63, 3.8) is 0 Å². The van der Waals surface area contributed by atoms with E-state index in [0.29, 0.717) is 15.8 Å². The number of aromatic amines is 1. The van der Waals surface area contributed by atoms with E-state index >= 15 is 0 Å². The quantitative estimate of drug-likeness (QED) is 0.554. The Bertz CT molecular complexity index is 883. The smallest absolute Gasteiger partial charge is 0.348 e. The van der Waals surface area contributed by atoms with Gasteiger partial charge in [0.2, 0.25) is 10.2 Å². The van der Waals surface area contributed by atoms with Gasteiger partial charge in [0, 0.05) is 0 Å². The molecule has 0 aliphatic carbocycles. The SMILES string of the molecule is Cc1ccc2c(c1)[nH]c1cc(C(F)(F)F)ccc1[p+]2=O. The van der Waals surface area contributed by atoms with Crippen LogP contribution in [0.2, 0.25) is 0 Å². The van der Waals surface area contributed by atoms with Gasteiger partial charge in [-0.25, -0.2) is 0 Å². The number of halogens is 3. The average molecular weight is 296 g/mol. The summed E-state index contributed by atoms with van der Waals surface area (Å²) in [5, 5.41) is 1.03. The van der Waals surface area contributed by atoms with Gasteiger partial charge >= 0.3 is 13.6 Å². The second kappa shape index (κ2) is 4.32. The minimum absolute atomic E-state index is 0.263. The molecule has 0 saturated carbocycles. The highest BCUT2D eigenvalue weighted by molar-refractivity contribution is 7.48. The molecule has 6 heteroatoms. The number of fused-ring (bicyclic) bond motifs is 2. The Balaban J connectivity index is 2.41. The molecule has 0 radical (unpaired) electrons. The van der Waals surface area contributed by atoms with E-state index < -0.39 is 19.2 Å². The highest BCUT2D eigenvalue weighted by Crippen LogP contribution is 2.38. The third-order valence-electron chi connectivity index (χ3n) is 3.18. The van der Waals surface area contributed by atoms with E-state index in [1.54, 1.807) is 12.1 Å². The lowest BCUT2D eigenvalue weighted by molar-refractivity contribution is -0.137. The van der Waals surface area contributed by atoms with E-state index in [0.717, 1.165) is 17.7 Å². The first-order valence-corrected chi connectivity index (χ1v) is 7.18. The van der Waals surface area contributed by atoms with Gasteiger partial charge < -0.3 is 4.98 Å². The van der Waals surface area contributed by atoms with Crippen LogP contribution in [0.1, 0.15) is 11.1 Å². The van der Waals surface area contributed by atoms with Gasteiger partial charge in [0.05, 0.1) is 16.6 Å². The van der Waals surface area contributed by atoms with Gasteiger partial charge in [0.1, 0.15) is 0 Å². The third-order valence-corrected chi connectivity index (χ3v) is 4.84. The maximum absolute atomic E-state index is 12.7. The zero-order valence-electron chi connectivity index (χ0n) is 10.5. The van der Waals surface area contributed by atoms with Crippen molar-refractivity contribution in [1.29, 1.82) is 0 Å². The van der Waals surface area contributed by atoms with Gasteiger partial charge in [0.15, 0.2) is 0 Å². The number of hydrogen-bond acceptors (Lipinski definition) is 1. The Labute approximate surface area is 113 Å². The van der Waals surface area contributed by atoms with Crippen molar-refractivity contribution in [2.24, 2.45) is 0 Å². The fraction of sp³-hybridized carbons (Fsp3) is 0.143. The van der Waals surface area contributed by atoms with Crippen LogP contribution in [0.3, 0.4) is 0 Å². The summed E-state index contributed by atoms with van der Waals surface area (Å²) in [5.74, 6) is 0. The summed E-state index contributed by atoms with van der Waals surface area (Å²) in [6.45, 7) is 1.87. The molecule has 0 amide bonds. The van der Waals surface area contributed by atoms with Crippen LogP contribution in [0.25, 0.3) is 21.3 Å². The first-order valence-electron chi connectivity index (χ1n) is 5.92. The summed E-state index contributed by atoms with van der Waals surface area (Å²) in [4.78, 5) is 2.94. The van der Waals surface area contributed by atoms with Crippen LogP contribution < -0.4 is 0 Å². The second-order valence-corrected chi connectivity index (χ2v) is 6.22. The highest BCUT2D eigenvalue weighted by Gasteiger charge is 2.31. The fourth-order valence-electron chi connectivity index (χ4n) is 2.19. The molecule has 1 heterocycles. The zero-order valence-corrected chi connectivity index (χ0v) is 11.3. The predicted octanol–water partition coefficient (Wildman–Crippen LogP) is 5.39. The van der Waals surface area contributed by atoms with Crippen LogP contribution in [-0.2, 0) is 10.7 Å². The number of rotatable bonds is 0. The minimum atomic E-state index is -4.41. The van der Waals surface area contributed by atoms with Gasteiger partial charge in [-0.05, 0) is 42.8 Å². The Morgan fingerprint density at radius 1 is 1.00 bits per heavy atom. The zero-order chi connectivity index (χ0) is 14.5. The number of H-pyrrole nitrogens is 1. The van der Waals surface area contributed by atoms with Crippen molar-refractivity contribution in [3.05, 3.63) is 47.5 Å². The molecule has 3 rings (SSSR count). The lowest BCUT2D eigenvalue weighted by Crippen LogP contribution is -2.04. The van der Waals surface area contributed by atoms with Crippen molar-refractivity contribution in [1.82, 2.24) is 4.98 Å². The van der Waals surface area contributed by atoms with Crippen molar-refractivity contribution >= 4 is 28.7 Å². The number of aryl methyl sites for hydroxylation is 1. The molecule has 1 N–H and O–H groups in total. The molecule has 0 bridgehead atoms. The van der Waals surface area contributed by atoms with E-state index in [2.05, 4.69) is 4.98 Å². The van der Waals surface area contributed by atoms with E-state index in [1.807, 2.05) is 13.0 Å². The summed E-state index contributed by atoms with van der Waals surface area (Å²) in [5.41, 5.74) is 1.08. The molecule has 3 aromatic rings. The molecule has 1 aromatic heterocycles. The van der Waals surface area contributed by atoms with Crippen molar-refractivity contribution < 1.29 is 17.7 Å². The minimum Gasteiger partial charge on any atom is -0.348 e. The van der Waals surface area contributed by atoms with Crippen LogP contribution in [0.4, 0.5) is 13.2 Å². The topological polar surface area (TPSA) is 32.9 Å². The van der Waals surface area contributed by atoms with Gasteiger partial charge in [0.25, 0.3) is 0 Å². The predicted molar refractivity (Wildman–Crippen MR) is 73.2 cm³/mol. The summed E-state index contributed by atoms with van der Waals surface area (Å²) in [6.07, 6.45) is -4.41. The van der Waals surface area contributed by atoms with Crippen molar-refractivity contribution in [2.75, 3.05) is 0 Å². The first-order chi connectivity index (χ1) is 9.36. The Kier molecular flexibility index (Phi) is 2.83. The summed E-state index contributed by atoms with van der Waals surface area (Å²) < 4.78 is 50.6. The van der Waals surface area contributed by atoms with Crippen LogP contribution in [-0.4, -0.2) is 4.98 Å². The molecule has 0 aliphatic heterocycles. The Hall–Kier alpha value is -1.87. The Morgan fingerprint density at radius 3 is 2.25 bits per heavy atom. The second-order valence-electron chi connectivity index (χ2n) is 4.67. The van der Waals surface area contributed by atoms with Gasteiger partial charge in [-0.3, -0.25) is 0 Å². The van der Waals surface area contributed by atoms with Gasteiger partial charge in [-0.2, -0.15) is 13.2 Å². The number of hydrogen-bond donors (Lipinski definition) is 1. The monoisotopic (exact) mass is 296 g/mol. The third kappa shape index (κ3) is 2.08. The highest BCUT2D eigenvalue weighted by atomic mass is 31.1. The van der Waals surface area contributed by atoms with Crippen molar-refractivity contribution in [2.45, 2.75) is 13.1 Å². The first kappa shape index (κ1) is 13.1. The van der Waals surface area contributed by atoms with Gasteiger partial charge in [-0.15, -0.1) is 0 Å². The van der Waals surface area contributed by atoms with Crippen LogP contribution in [0.15, 0.2) is 36.4 Å². The number of aromatic nitrogens is 1. The maximum atomic E-state index is 12.7. The van der Waals surface area contributed by atoms with Crippen LogP contribution >= 0.6 is 7.41 Å². The van der Waals surface area contributed by atoms with E-state index in [9.17, 15) is 17.7 Å². The summed E-state index contributed by atoms with van der Waals surface area (Å²) in [7, 11) is -1.86. The number of alkyl halides is 3. The molecule has 0 fully saturated rings. The molecule has 0 aliphatic rings. The standard InChI is InChI=1S/C14H10F3NOP/c1-8-2-4-12-10(6-8)18-11-7-9(14(15,16)17)3-5-13(11)20(12)19/h2-7H,1H3,(H,18,19)/q+1. The number of nitrogens with one attached hydrogen (secondary N) is 1. The number of benzene rings is 2. The summed E-state index contributed by atoms with van der Waals surface area (Å²) >= 11 is 0. The molecule has 1 unspecified atom stereocenters. The Morgan fingerprint density at radius 2 is 1.60 bits per heavy atom. The largest absolute Gasteiger partial charge is 0.419 e. The van der Waals surface area contributed by atoms with Gasteiger partial charge in [-0.1, -0.05) is 10.6 Å². The molecular weight excluding hydrogens is 286 g/mol. The summed E-state index contributed by atoms with van der Waals surface area (Å²) in [6, 6.07) is 8.62.